The number of rotatable bonds is 7. The van der Waals surface area contributed by atoms with Crippen LogP contribution >= 0.6 is 0 Å². The number of nitrogens with zero attached hydrogens (tertiary/aromatic N) is 2. The monoisotopic (exact) mass is 252 g/mol. The van der Waals surface area contributed by atoms with E-state index in [0.717, 1.165) is 0 Å². The number of amides is 1. The van der Waals surface area contributed by atoms with Crippen LogP contribution in [0.4, 0.5) is 0 Å². The number of aliphatic hydroxyl groups is 1. The molecule has 1 rings (SSSR count). The van der Waals surface area contributed by atoms with Gasteiger partial charge in [-0.15, -0.1) is 0 Å². The SMILES string of the molecule is CCN(CCCO)C(=O)CCn1ccccc1=O. The lowest BCUT2D eigenvalue weighted by Crippen LogP contribution is -2.33. The second kappa shape index (κ2) is 7.66. The lowest BCUT2D eigenvalue weighted by Gasteiger charge is -2.20. The molecule has 0 aliphatic rings. The van der Waals surface area contributed by atoms with Crippen LogP contribution in [0.3, 0.4) is 0 Å². The Balaban J connectivity index is 2.49. The Bertz CT molecular complexity index is 428. The fourth-order valence-electron chi connectivity index (χ4n) is 1.74. The fraction of sp³-hybridized carbons (Fsp3) is 0.538. The van der Waals surface area contributed by atoms with Gasteiger partial charge in [-0.05, 0) is 19.4 Å². The third-order valence-corrected chi connectivity index (χ3v) is 2.79. The van der Waals surface area contributed by atoms with Gasteiger partial charge in [-0.25, -0.2) is 0 Å². The maximum absolute atomic E-state index is 11.9. The summed E-state index contributed by atoms with van der Waals surface area (Å²) in [5.74, 6) is 0.0155. The van der Waals surface area contributed by atoms with E-state index < -0.39 is 0 Å². The lowest BCUT2D eigenvalue weighted by molar-refractivity contribution is -0.131. The van der Waals surface area contributed by atoms with Crippen molar-refractivity contribution in [3.05, 3.63) is 34.7 Å². The van der Waals surface area contributed by atoms with Gasteiger partial charge < -0.3 is 14.6 Å². The minimum absolute atomic E-state index is 0.0155. The number of carbonyl (C=O) groups is 1. The highest BCUT2D eigenvalue weighted by Gasteiger charge is 2.10. The Kier molecular flexibility index (Phi) is 6.14. The van der Waals surface area contributed by atoms with Crippen molar-refractivity contribution in [3.8, 4) is 0 Å². The molecule has 0 aliphatic heterocycles. The number of aromatic nitrogens is 1. The molecule has 1 aromatic heterocycles. The average molecular weight is 252 g/mol. The number of aliphatic hydroxyl groups excluding tert-OH is 1. The Morgan fingerprint density at radius 1 is 1.44 bits per heavy atom. The maximum atomic E-state index is 11.9. The standard InChI is InChI=1S/C13H20N2O3/c1-2-14(9-5-11-16)13(18)7-10-15-8-4-3-6-12(15)17/h3-4,6,8,16H,2,5,7,9-11H2,1H3. The van der Waals surface area contributed by atoms with E-state index in [9.17, 15) is 9.59 Å². The molecule has 5 heteroatoms. The highest BCUT2D eigenvalue weighted by atomic mass is 16.3. The van der Waals surface area contributed by atoms with Crippen molar-refractivity contribution >= 4 is 5.91 Å². The topological polar surface area (TPSA) is 62.5 Å². The van der Waals surface area contributed by atoms with Crippen molar-refractivity contribution in [1.29, 1.82) is 0 Å². The summed E-state index contributed by atoms with van der Waals surface area (Å²) in [6.45, 7) is 3.58. The molecule has 0 spiro atoms. The van der Waals surface area contributed by atoms with Gasteiger partial charge >= 0.3 is 0 Å². The average Bonchev–Trinajstić information content (AvgIpc) is 2.38. The lowest BCUT2D eigenvalue weighted by atomic mass is 10.3. The largest absolute Gasteiger partial charge is 0.396 e. The van der Waals surface area contributed by atoms with Gasteiger partial charge in [-0.2, -0.15) is 0 Å². The number of aryl methyl sites for hydroxylation is 1. The molecular weight excluding hydrogens is 232 g/mol. The van der Waals surface area contributed by atoms with E-state index in [0.29, 0.717) is 32.5 Å². The van der Waals surface area contributed by atoms with Gasteiger partial charge in [0.2, 0.25) is 5.91 Å². The van der Waals surface area contributed by atoms with Gasteiger partial charge in [-0.3, -0.25) is 9.59 Å². The highest BCUT2D eigenvalue weighted by Crippen LogP contribution is 1.98. The van der Waals surface area contributed by atoms with Gasteiger partial charge in [0, 0.05) is 44.9 Å². The molecule has 0 aliphatic carbocycles. The summed E-state index contributed by atoms with van der Waals surface area (Å²) in [5.41, 5.74) is -0.0938. The first kappa shape index (κ1) is 14.4. The number of pyridine rings is 1. The molecule has 18 heavy (non-hydrogen) atoms. The van der Waals surface area contributed by atoms with Crippen LogP contribution < -0.4 is 5.56 Å². The molecule has 5 nitrogen and oxygen atoms in total. The van der Waals surface area contributed by atoms with Crippen molar-refractivity contribution in [2.45, 2.75) is 26.3 Å². The van der Waals surface area contributed by atoms with Gasteiger partial charge in [0.15, 0.2) is 0 Å². The molecule has 0 bridgehead atoms. The zero-order chi connectivity index (χ0) is 13.4. The Morgan fingerprint density at radius 3 is 2.83 bits per heavy atom. The van der Waals surface area contributed by atoms with E-state index in [2.05, 4.69) is 0 Å². The van der Waals surface area contributed by atoms with Gasteiger partial charge in [0.1, 0.15) is 0 Å². The van der Waals surface area contributed by atoms with Gasteiger partial charge in [0.25, 0.3) is 5.56 Å². The molecule has 0 atom stereocenters. The van der Waals surface area contributed by atoms with Crippen molar-refractivity contribution in [2.24, 2.45) is 0 Å². The molecule has 0 unspecified atom stereocenters. The summed E-state index contributed by atoms with van der Waals surface area (Å²) in [4.78, 5) is 25.0. The van der Waals surface area contributed by atoms with Crippen molar-refractivity contribution in [3.63, 3.8) is 0 Å². The summed E-state index contributed by atoms with van der Waals surface area (Å²) in [5, 5.41) is 8.75. The second-order valence-corrected chi connectivity index (χ2v) is 4.03. The quantitative estimate of drug-likeness (QED) is 0.767. The van der Waals surface area contributed by atoms with E-state index in [1.807, 2.05) is 6.92 Å². The first-order chi connectivity index (χ1) is 8.69. The molecule has 1 N–H and O–H groups in total. The summed E-state index contributed by atoms with van der Waals surface area (Å²) < 4.78 is 1.53. The zero-order valence-electron chi connectivity index (χ0n) is 10.7. The summed E-state index contributed by atoms with van der Waals surface area (Å²) in [7, 11) is 0. The molecule has 0 fully saturated rings. The minimum atomic E-state index is -0.0938. The second-order valence-electron chi connectivity index (χ2n) is 4.03. The molecule has 1 amide bonds. The van der Waals surface area contributed by atoms with Gasteiger partial charge in [-0.1, -0.05) is 6.07 Å². The van der Waals surface area contributed by atoms with Crippen LogP contribution in [0.2, 0.25) is 0 Å². The predicted octanol–water partition coefficient (Wildman–Crippen LogP) is 0.469. The van der Waals surface area contributed by atoms with Crippen LogP contribution in [0.5, 0.6) is 0 Å². The first-order valence-electron chi connectivity index (χ1n) is 6.23. The third-order valence-electron chi connectivity index (χ3n) is 2.79. The van der Waals surface area contributed by atoms with Crippen LogP contribution in [-0.4, -0.2) is 40.2 Å². The molecule has 0 aromatic carbocycles. The smallest absolute Gasteiger partial charge is 0.250 e. The maximum Gasteiger partial charge on any atom is 0.250 e. The van der Waals surface area contributed by atoms with Gasteiger partial charge in [0.05, 0.1) is 0 Å². The molecule has 0 radical (unpaired) electrons. The van der Waals surface area contributed by atoms with Crippen molar-refractivity contribution < 1.29 is 9.90 Å². The number of hydrogen-bond donors (Lipinski definition) is 1. The van der Waals surface area contributed by atoms with E-state index in [-0.39, 0.29) is 18.1 Å². The first-order valence-corrected chi connectivity index (χ1v) is 6.23. The van der Waals surface area contributed by atoms with Crippen LogP contribution in [-0.2, 0) is 11.3 Å². The molecule has 100 valence electrons. The number of hydrogen-bond acceptors (Lipinski definition) is 3. The Hall–Kier alpha value is -1.62. The molecule has 1 heterocycles. The predicted molar refractivity (Wildman–Crippen MR) is 69.3 cm³/mol. The number of carbonyl (C=O) groups excluding carboxylic acids is 1. The van der Waals surface area contributed by atoms with Crippen LogP contribution in [0.1, 0.15) is 19.8 Å². The van der Waals surface area contributed by atoms with E-state index in [1.54, 1.807) is 23.2 Å². The Morgan fingerprint density at radius 2 is 2.22 bits per heavy atom. The summed E-state index contributed by atoms with van der Waals surface area (Å²) in [6.07, 6.45) is 2.58. The summed E-state index contributed by atoms with van der Waals surface area (Å²) >= 11 is 0. The normalized spacial score (nSPS) is 10.3. The summed E-state index contributed by atoms with van der Waals surface area (Å²) in [6, 6.07) is 4.93. The van der Waals surface area contributed by atoms with Crippen LogP contribution in [0.15, 0.2) is 29.2 Å². The fourth-order valence-corrected chi connectivity index (χ4v) is 1.74. The minimum Gasteiger partial charge on any atom is -0.396 e. The molecule has 0 saturated carbocycles. The van der Waals surface area contributed by atoms with E-state index in [1.165, 1.54) is 10.6 Å². The molecule has 1 aromatic rings. The van der Waals surface area contributed by atoms with Crippen molar-refractivity contribution in [1.82, 2.24) is 9.47 Å². The van der Waals surface area contributed by atoms with Crippen LogP contribution in [0, 0.1) is 0 Å². The van der Waals surface area contributed by atoms with E-state index in [4.69, 9.17) is 5.11 Å². The molecule has 0 saturated heterocycles. The third kappa shape index (κ3) is 4.33. The highest BCUT2D eigenvalue weighted by molar-refractivity contribution is 5.76. The van der Waals surface area contributed by atoms with Crippen LogP contribution in [0.25, 0.3) is 0 Å². The van der Waals surface area contributed by atoms with Crippen molar-refractivity contribution in [2.75, 3.05) is 19.7 Å². The van der Waals surface area contributed by atoms with E-state index >= 15 is 0 Å². The zero-order valence-corrected chi connectivity index (χ0v) is 10.7. The molecular formula is C13H20N2O3. The Labute approximate surface area is 107 Å².